The maximum atomic E-state index is 9.94. The Morgan fingerprint density at radius 2 is 1.79 bits per heavy atom. The summed E-state index contributed by atoms with van der Waals surface area (Å²) in [5, 5.41) is 0. The fraction of sp³-hybridized carbons (Fsp3) is 0.167. The van der Waals surface area contributed by atoms with Gasteiger partial charge in [-0.05, 0) is 26.0 Å². The van der Waals surface area contributed by atoms with Gasteiger partial charge in [-0.3, -0.25) is 9.78 Å². The molecule has 0 radical (unpaired) electrons. The van der Waals surface area contributed by atoms with Crippen molar-refractivity contribution < 1.29 is 4.79 Å². The number of pyridine rings is 1. The molecule has 2 heteroatoms. The van der Waals surface area contributed by atoms with Crippen molar-refractivity contribution >= 4 is 6.29 Å². The van der Waals surface area contributed by atoms with Gasteiger partial charge in [-0.25, -0.2) is 0 Å². The Labute approximate surface area is 86.0 Å². The van der Waals surface area contributed by atoms with Gasteiger partial charge in [0.05, 0.1) is 0 Å². The first-order valence-electron chi connectivity index (χ1n) is 4.28. The van der Waals surface area contributed by atoms with Gasteiger partial charge in [-0.2, -0.15) is 0 Å². The Hall–Kier alpha value is -1.70. The summed E-state index contributed by atoms with van der Waals surface area (Å²) in [4.78, 5) is 13.7. The molecule has 0 aliphatic carbocycles. The van der Waals surface area contributed by atoms with Crippen LogP contribution in [0.1, 0.15) is 24.3 Å². The Morgan fingerprint density at radius 1 is 1.21 bits per heavy atom. The van der Waals surface area contributed by atoms with Crippen molar-refractivity contribution in [2.45, 2.75) is 13.8 Å². The molecule has 1 heterocycles. The second kappa shape index (κ2) is 13.9. The van der Waals surface area contributed by atoms with Crippen molar-refractivity contribution in [1.29, 1.82) is 0 Å². The maximum Gasteiger partial charge on any atom is 0.168 e. The molecule has 1 rings (SSSR count). The first-order valence-corrected chi connectivity index (χ1v) is 4.28. The van der Waals surface area contributed by atoms with Crippen LogP contribution in [0.3, 0.4) is 0 Å². The second-order valence-corrected chi connectivity index (χ2v) is 2.04. The number of hydrogen-bond acceptors (Lipinski definition) is 2. The van der Waals surface area contributed by atoms with Gasteiger partial charge < -0.3 is 0 Å². The number of nitrogens with zero attached hydrogens (tertiary/aromatic N) is 1. The van der Waals surface area contributed by atoms with E-state index in [1.807, 2.05) is 26.0 Å². The van der Waals surface area contributed by atoms with E-state index in [4.69, 9.17) is 0 Å². The minimum Gasteiger partial charge on any atom is -0.296 e. The number of hydrogen-bond donors (Lipinski definition) is 0. The summed E-state index contributed by atoms with van der Waals surface area (Å²) < 4.78 is 0. The van der Waals surface area contributed by atoms with Gasteiger partial charge in [0.25, 0.3) is 0 Å². The summed E-state index contributed by atoms with van der Waals surface area (Å²) in [7, 11) is 0. The SMILES string of the molecule is C=C.CC=CC.O=Cc1ccccn1. The lowest BCUT2D eigenvalue weighted by atomic mass is 10.4. The van der Waals surface area contributed by atoms with Crippen LogP contribution < -0.4 is 0 Å². The smallest absolute Gasteiger partial charge is 0.168 e. The molecule has 1 aromatic rings. The Morgan fingerprint density at radius 3 is 2.00 bits per heavy atom. The highest BCUT2D eigenvalue weighted by Gasteiger charge is 1.81. The lowest BCUT2D eigenvalue weighted by Crippen LogP contribution is -1.80. The molecule has 0 aliphatic rings. The Balaban J connectivity index is 0. The first kappa shape index (κ1) is 14.8. The van der Waals surface area contributed by atoms with Crippen molar-refractivity contribution in [3.63, 3.8) is 0 Å². The van der Waals surface area contributed by atoms with Gasteiger partial charge in [-0.15, -0.1) is 13.2 Å². The van der Waals surface area contributed by atoms with Crippen molar-refractivity contribution in [3.05, 3.63) is 55.4 Å². The molecule has 0 bridgehead atoms. The molecule has 0 fully saturated rings. The molecule has 0 aromatic carbocycles. The molecule has 0 unspecified atom stereocenters. The van der Waals surface area contributed by atoms with Crippen LogP contribution in [0.5, 0.6) is 0 Å². The van der Waals surface area contributed by atoms with E-state index < -0.39 is 0 Å². The average Bonchev–Trinajstić information content (AvgIpc) is 2.33. The minimum atomic E-state index is 0.479. The van der Waals surface area contributed by atoms with Crippen LogP contribution in [0, 0.1) is 0 Å². The summed E-state index contributed by atoms with van der Waals surface area (Å²) >= 11 is 0. The largest absolute Gasteiger partial charge is 0.296 e. The predicted octanol–water partition coefficient (Wildman–Crippen LogP) is 3.28. The van der Waals surface area contributed by atoms with E-state index in [1.165, 1.54) is 0 Å². The zero-order valence-corrected chi connectivity index (χ0v) is 8.81. The summed E-state index contributed by atoms with van der Waals surface area (Å²) in [6, 6.07) is 5.21. The fourth-order valence-electron chi connectivity index (χ4n) is 0.446. The summed E-state index contributed by atoms with van der Waals surface area (Å²) in [6.07, 6.45) is 6.31. The van der Waals surface area contributed by atoms with E-state index in [0.717, 1.165) is 6.29 Å². The van der Waals surface area contributed by atoms with E-state index >= 15 is 0 Å². The third-order valence-electron chi connectivity index (χ3n) is 1.14. The van der Waals surface area contributed by atoms with Crippen LogP contribution in [-0.2, 0) is 0 Å². The molecule has 0 N–H and O–H groups in total. The molecule has 0 saturated heterocycles. The highest BCUT2D eigenvalue weighted by molar-refractivity contribution is 5.71. The van der Waals surface area contributed by atoms with Gasteiger partial charge in [0.1, 0.15) is 5.69 Å². The second-order valence-electron chi connectivity index (χ2n) is 2.04. The Bertz CT molecular complexity index is 238. The van der Waals surface area contributed by atoms with E-state index in [9.17, 15) is 4.79 Å². The molecule has 0 saturated carbocycles. The summed E-state index contributed by atoms with van der Waals surface area (Å²) in [5.74, 6) is 0. The van der Waals surface area contributed by atoms with Gasteiger partial charge in [0.2, 0.25) is 0 Å². The number of rotatable bonds is 1. The number of aldehydes is 1. The molecule has 0 aliphatic heterocycles. The summed E-state index contributed by atoms with van der Waals surface area (Å²) in [5.41, 5.74) is 0.479. The van der Waals surface area contributed by atoms with Crippen molar-refractivity contribution in [2.75, 3.05) is 0 Å². The normalized spacial score (nSPS) is 7.86. The van der Waals surface area contributed by atoms with Crippen LogP contribution in [0.4, 0.5) is 0 Å². The maximum absolute atomic E-state index is 9.94. The highest BCUT2D eigenvalue weighted by atomic mass is 16.1. The van der Waals surface area contributed by atoms with Crippen LogP contribution in [-0.4, -0.2) is 11.3 Å². The van der Waals surface area contributed by atoms with Crippen LogP contribution in [0.25, 0.3) is 0 Å². The number of allylic oxidation sites excluding steroid dienone is 2. The number of carbonyl (C=O) groups is 1. The zero-order chi connectivity index (χ0) is 11.2. The van der Waals surface area contributed by atoms with E-state index in [2.05, 4.69) is 18.1 Å². The van der Waals surface area contributed by atoms with E-state index in [0.29, 0.717) is 5.69 Å². The van der Waals surface area contributed by atoms with Crippen LogP contribution >= 0.6 is 0 Å². The van der Waals surface area contributed by atoms with Crippen molar-refractivity contribution in [1.82, 2.24) is 4.98 Å². The van der Waals surface area contributed by atoms with Crippen molar-refractivity contribution in [2.24, 2.45) is 0 Å². The molecule has 76 valence electrons. The predicted molar refractivity (Wildman–Crippen MR) is 61.4 cm³/mol. The standard InChI is InChI=1S/C6H5NO.C4H8.C2H4/c8-5-6-3-1-2-4-7-6;1-3-4-2;1-2/h1-5H;3-4H,1-2H3;1-2H2. The third-order valence-corrected chi connectivity index (χ3v) is 1.14. The molecule has 14 heavy (non-hydrogen) atoms. The molecule has 0 atom stereocenters. The first-order chi connectivity index (χ1) is 6.85. The van der Waals surface area contributed by atoms with Crippen LogP contribution in [0.15, 0.2) is 49.7 Å². The minimum absolute atomic E-state index is 0.479. The molecule has 2 nitrogen and oxygen atoms in total. The van der Waals surface area contributed by atoms with E-state index in [-0.39, 0.29) is 0 Å². The highest BCUT2D eigenvalue weighted by Crippen LogP contribution is 1.85. The van der Waals surface area contributed by atoms with Gasteiger partial charge >= 0.3 is 0 Å². The van der Waals surface area contributed by atoms with Crippen molar-refractivity contribution in [3.8, 4) is 0 Å². The number of carbonyl (C=O) groups excluding carboxylic acids is 1. The molecule has 0 spiro atoms. The molecule has 1 aromatic heterocycles. The fourth-order valence-corrected chi connectivity index (χ4v) is 0.446. The van der Waals surface area contributed by atoms with Gasteiger partial charge in [0, 0.05) is 6.20 Å². The lowest BCUT2D eigenvalue weighted by Gasteiger charge is -1.81. The molecular formula is C12H17NO. The summed E-state index contributed by atoms with van der Waals surface area (Å²) in [6.45, 7) is 10.0. The monoisotopic (exact) mass is 191 g/mol. The average molecular weight is 191 g/mol. The zero-order valence-electron chi connectivity index (χ0n) is 8.81. The Kier molecular flexibility index (Phi) is 14.7. The van der Waals surface area contributed by atoms with Crippen LogP contribution in [0.2, 0.25) is 0 Å². The molecule has 0 amide bonds. The van der Waals surface area contributed by atoms with E-state index in [1.54, 1.807) is 24.4 Å². The topological polar surface area (TPSA) is 30.0 Å². The van der Waals surface area contributed by atoms with Gasteiger partial charge in [0.15, 0.2) is 6.29 Å². The van der Waals surface area contributed by atoms with Gasteiger partial charge in [-0.1, -0.05) is 18.2 Å². The lowest BCUT2D eigenvalue weighted by molar-refractivity contribution is 0.111. The quantitative estimate of drug-likeness (QED) is 0.503. The third kappa shape index (κ3) is 10.3. The molecular weight excluding hydrogens is 174 g/mol. The number of aromatic nitrogens is 1.